The largest absolute Gasteiger partial charge is 0.484 e. The Bertz CT molecular complexity index is 2070. The minimum absolute atomic E-state index is 0.0204. The highest BCUT2D eigenvalue weighted by molar-refractivity contribution is 6.39. The van der Waals surface area contributed by atoms with E-state index in [0.29, 0.717) is 17.9 Å². The Morgan fingerprint density at radius 3 is 1.96 bits per heavy atom. The number of nitrogens with zero attached hydrogens (tertiary/aromatic N) is 3. The first-order valence-electron chi connectivity index (χ1n) is 16.5. The third-order valence-corrected chi connectivity index (χ3v) is 8.11. The summed E-state index contributed by atoms with van der Waals surface area (Å²) in [5.41, 5.74) is 0.627. The van der Waals surface area contributed by atoms with Gasteiger partial charge in [0.1, 0.15) is 11.8 Å². The SMILES string of the molecule is COC(=O)[C@H](CNC(=O)C(=O)Nc1ccc(OCC(F)(F)F)cc1)NC(=O)c1ccc(Nc2nc(NC3(c4ccc(Cl)cc4)CC3)nc(OCC(F)(F)F)n2)cc1. The summed E-state index contributed by atoms with van der Waals surface area (Å²) in [6, 6.07) is 15.1. The molecule has 4 aromatic rings. The highest BCUT2D eigenvalue weighted by Gasteiger charge is 2.45. The average molecular weight is 825 g/mol. The highest BCUT2D eigenvalue weighted by Crippen LogP contribution is 2.48. The van der Waals surface area contributed by atoms with Crippen LogP contribution in [0.3, 0.4) is 0 Å². The summed E-state index contributed by atoms with van der Waals surface area (Å²) in [6.07, 6.45) is -7.87. The number of esters is 1. The first kappa shape index (κ1) is 41.8. The molecule has 0 spiro atoms. The molecule has 57 heavy (non-hydrogen) atoms. The zero-order valence-corrected chi connectivity index (χ0v) is 30.1. The van der Waals surface area contributed by atoms with Crippen molar-refractivity contribution in [2.75, 3.05) is 42.8 Å². The molecule has 1 aromatic heterocycles. The molecule has 0 saturated heterocycles. The lowest BCUT2D eigenvalue weighted by Gasteiger charge is -2.19. The highest BCUT2D eigenvalue weighted by atomic mass is 35.5. The molecule has 1 aliphatic carbocycles. The third-order valence-electron chi connectivity index (χ3n) is 7.86. The zero-order valence-electron chi connectivity index (χ0n) is 29.4. The van der Waals surface area contributed by atoms with Gasteiger partial charge in [0.15, 0.2) is 13.2 Å². The van der Waals surface area contributed by atoms with Crippen LogP contribution in [0.1, 0.15) is 28.8 Å². The molecule has 1 atom stereocenters. The number of alkyl halides is 6. The van der Waals surface area contributed by atoms with Gasteiger partial charge in [-0.25, -0.2) is 4.79 Å². The van der Waals surface area contributed by atoms with E-state index in [1.807, 2.05) is 0 Å². The molecule has 0 aliphatic heterocycles. The number of ether oxygens (including phenoxy) is 3. The molecular weight excluding hydrogens is 794 g/mol. The normalized spacial score (nSPS) is 13.7. The van der Waals surface area contributed by atoms with Crippen LogP contribution in [0.25, 0.3) is 0 Å². The number of nitrogens with one attached hydrogen (secondary N) is 5. The van der Waals surface area contributed by atoms with Crippen molar-refractivity contribution in [3.05, 3.63) is 88.9 Å². The minimum atomic E-state index is -4.67. The van der Waals surface area contributed by atoms with E-state index in [1.54, 1.807) is 24.3 Å². The molecule has 3 aromatic carbocycles. The molecule has 1 saturated carbocycles. The molecule has 0 bridgehead atoms. The molecule has 1 aliphatic rings. The maximum absolute atomic E-state index is 13.0. The predicted molar refractivity (Wildman–Crippen MR) is 190 cm³/mol. The first-order valence-corrected chi connectivity index (χ1v) is 16.9. The monoisotopic (exact) mass is 824 g/mol. The Labute approximate surface area is 323 Å². The summed E-state index contributed by atoms with van der Waals surface area (Å²) >= 11 is 6.01. The second-order valence-electron chi connectivity index (χ2n) is 12.2. The second-order valence-corrected chi connectivity index (χ2v) is 12.7. The molecule has 5 N–H and O–H groups in total. The molecule has 5 rings (SSSR count). The van der Waals surface area contributed by atoms with Crippen LogP contribution in [0, 0.1) is 0 Å². The van der Waals surface area contributed by atoms with E-state index >= 15 is 0 Å². The molecular formula is C35H31ClF6N8O7. The quantitative estimate of drug-likeness (QED) is 0.0593. The number of amides is 3. The number of carbonyl (C=O) groups excluding carboxylic acids is 4. The van der Waals surface area contributed by atoms with Crippen molar-refractivity contribution in [3.8, 4) is 11.8 Å². The van der Waals surface area contributed by atoms with Gasteiger partial charge < -0.3 is 40.8 Å². The van der Waals surface area contributed by atoms with E-state index < -0.39 is 73.4 Å². The Balaban J connectivity index is 1.19. The van der Waals surface area contributed by atoms with Gasteiger partial charge in [-0.2, -0.15) is 41.3 Å². The van der Waals surface area contributed by atoms with Crippen molar-refractivity contribution in [1.29, 1.82) is 0 Å². The molecule has 0 unspecified atom stereocenters. The zero-order chi connectivity index (χ0) is 41.4. The van der Waals surface area contributed by atoms with Crippen LogP contribution in [0.4, 0.5) is 49.6 Å². The van der Waals surface area contributed by atoms with Gasteiger partial charge in [0.05, 0.1) is 12.6 Å². The number of benzene rings is 3. The van der Waals surface area contributed by atoms with Crippen LogP contribution in [0.2, 0.25) is 5.02 Å². The fourth-order valence-electron chi connectivity index (χ4n) is 4.95. The van der Waals surface area contributed by atoms with Crippen molar-refractivity contribution in [2.24, 2.45) is 0 Å². The van der Waals surface area contributed by atoms with E-state index in [2.05, 4.69) is 46.3 Å². The van der Waals surface area contributed by atoms with E-state index in [-0.39, 0.29) is 34.6 Å². The minimum Gasteiger partial charge on any atom is -0.484 e. The summed E-state index contributed by atoms with van der Waals surface area (Å²) in [6.45, 7) is -3.76. The lowest BCUT2D eigenvalue weighted by molar-refractivity contribution is -0.155. The molecule has 1 fully saturated rings. The Morgan fingerprint density at radius 2 is 1.37 bits per heavy atom. The number of hydrogen-bond acceptors (Lipinski definition) is 12. The molecule has 1 heterocycles. The fourth-order valence-corrected chi connectivity index (χ4v) is 5.07. The lowest BCUT2D eigenvalue weighted by atomic mass is 10.1. The Kier molecular flexibility index (Phi) is 12.9. The molecule has 15 nitrogen and oxygen atoms in total. The van der Waals surface area contributed by atoms with Crippen LogP contribution in [-0.2, 0) is 24.7 Å². The van der Waals surface area contributed by atoms with Gasteiger partial charge in [-0.05, 0) is 79.1 Å². The van der Waals surface area contributed by atoms with E-state index in [0.717, 1.165) is 24.8 Å². The number of anilines is 4. The van der Waals surface area contributed by atoms with Gasteiger partial charge in [0.25, 0.3) is 5.91 Å². The van der Waals surface area contributed by atoms with Crippen LogP contribution in [0.5, 0.6) is 11.8 Å². The maximum Gasteiger partial charge on any atom is 0.422 e. The molecule has 22 heteroatoms. The van der Waals surface area contributed by atoms with Crippen molar-refractivity contribution < 1.29 is 59.7 Å². The van der Waals surface area contributed by atoms with Crippen molar-refractivity contribution in [1.82, 2.24) is 25.6 Å². The van der Waals surface area contributed by atoms with E-state index in [4.69, 9.17) is 21.1 Å². The van der Waals surface area contributed by atoms with Crippen molar-refractivity contribution in [2.45, 2.75) is 36.8 Å². The smallest absolute Gasteiger partial charge is 0.422 e. The topological polar surface area (TPSA) is 195 Å². The summed E-state index contributed by atoms with van der Waals surface area (Å²) < 4.78 is 90.0. The second kappa shape index (κ2) is 17.6. The van der Waals surface area contributed by atoms with Gasteiger partial charge in [0, 0.05) is 28.5 Å². The van der Waals surface area contributed by atoms with Crippen LogP contribution in [0.15, 0.2) is 72.8 Å². The number of aromatic nitrogens is 3. The number of hydrogen-bond donors (Lipinski definition) is 5. The number of halogens is 7. The fraction of sp³-hybridized carbons (Fsp3) is 0.286. The summed E-state index contributed by atoms with van der Waals surface area (Å²) in [5.74, 6) is -4.56. The average Bonchev–Trinajstić information content (AvgIpc) is 3.94. The number of methoxy groups -OCH3 is 1. The van der Waals surface area contributed by atoms with Gasteiger partial charge in [-0.15, -0.1) is 0 Å². The first-order chi connectivity index (χ1) is 26.9. The van der Waals surface area contributed by atoms with Crippen LogP contribution < -0.4 is 36.1 Å². The van der Waals surface area contributed by atoms with E-state index in [1.165, 1.54) is 36.4 Å². The summed E-state index contributed by atoms with van der Waals surface area (Å²) in [7, 11) is 1.03. The Morgan fingerprint density at radius 1 is 0.772 bits per heavy atom. The van der Waals surface area contributed by atoms with Gasteiger partial charge >= 0.3 is 36.1 Å². The molecule has 302 valence electrons. The summed E-state index contributed by atoms with van der Waals surface area (Å²) in [4.78, 5) is 62.5. The standard InChI is InChI=1S/C35H31ClF6N8O7/c1-55-29(54)25(16-43-27(52)28(53)44-22-10-12-24(13-11-22)56-17-34(37,38)39)46-26(51)19-2-8-23(9-3-19)45-30-47-31(49-32(48-30)57-18-35(40,41)42)50-33(14-15-33)20-4-6-21(36)7-5-20/h2-13,25H,14-18H2,1H3,(H,43,52)(H,44,53)(H,46,51)(H2,45,47,48,49,50)/t25-/m0/s1. The lowest BCUT2D eigenvalue weighted by Crippen LogP contribution is -2.50. The van der Waals surface area contributed by atoms with Gasteiger partial charge in [0.2, 0.25) is 11.9 Å². The third kappa shape index (κ3) is 12.6. The maximum atomic E-state index is 13.0. The van der Waals surface area contributed by atoms with Gasteiger partial charge in [-0.1, -0.05) is 23.7 Å². The number of rotatable bonds is 15. The van der Waals surface area contributed by atoms with Crippen molar-refractivity contribution in [3.63, 3.8) is 0 Å². The molecule has 3 amide bonds. The van der Waals surface area contributed by atoms with Crippen LogP contribution in [-0.4, -0.2) is 83.9 Å². The predicted octanol–water partition coefficient (Wildman–Crippen LogP) is 5.28. The van der Waals surface area contributed by atoms with Crippen LogP contribution >= 0.6 is 11.6 Å². The van der Waals surface area contributed by atoms with Crippen molar-refractivity contribution >= 4 is 58.6 Å². The Hall–Kier alpha value is -6.38. The van der Waals surface area contributed by atoms with E-state index in [9.17, 15) is 45.5 Å². The molecule has 0 radical (unpaired) electrons. The van der Waals surface area contributed by atoms with Gasteiger partial charge in [-0.3, -0.25) is 14.4 Å². The summed E-state index contributed by atoms with van der Waals surface area (Å²) in [5, 5.41) is 13.3. The number of carbonyl (C=O) groups is 4.